The van der Waals surface area contributed by atoms with Crippen LogP contribution in [0.25, 0.3) is 76.6 Å². The van der Waals surface area contributed by atoms with E-state index in [1.807, 2.05) is 18.2 Å². The van der Waals surface area contributed by atoms with Crippen molar-refractivity contribution in [1.29, 1.82) is 0 Å². The van der Waals surface area contributed by atoms with Crippen LogP contribution in [0.1, 0.15) is 22.3 Å². The molecule has 5 heteroatoms. The van der Waals surface area contributed by atoms with Crippen LogP contribution in [0, 0.1) is 0 Å². The molecule has 0 bridgehead atoms. The molecule has 0 atom stereocenters. The van der Waals surface area contributed by atoms with Crippen LogP contribution in [0.2, 0.25) is 0 Å². The van der Waals surface area contributed by atoms with Gasteiger partial charge in [-0.15, -0.1) is 11.3 Å². The number of thiophene rings is 1. The summed E-state index contributed by atoms with van der Waals surface area (Å²) in [6.45, 7) is 0. The number of hydrogen-bond acceptors (Lipinski definition) is 4. The fraction of sp³-hybridized carbons (Fsp3) is 0.0192. The van der Waals surface area contributed by atoms with E-state index in [1.165, 1.54) is 27.8 Å². The third-order valence-electron chi connectivity index (χ3n) is 11.4. The largest absolute Gasteiger partial charge is 0.208 e. The molecule has 0 saturated heterocycles. The molecule has 2 aromatic heterocycles. The van der Waals surface area contributed by atoms with Crippen molar-refractivity contribution in [3.63, 3.8) is 0 Å². The van der Waals surface area contributed by atoms with E-state index in [1.54, 1.807) is 11.3 Å². The van der Waals surface area contributed by atoms with E-state index in [0.29, 0.717) is 17.5 Å². The molecule has 264 valence electrons. The van der Waals surface area contributed by atoms with Crippen LogP contribution < -0.4 is 5.46 Å². The van der Waals surface area contributed by atoms with E-state index >= 15 is 0 Å². The van der Waals surface area contributed by atoms with Gasteiger partial charge in [-0.3, -0.25) is 0 Å². The van der Waals surface area contributed by atoms with Gasteiger partial charge < -0.3 is 0 Å². The molecular weight excluding hydrogens is 709 g/mol. The SMILES string of the molecule is [B]c1cccc2c1sc1c(-c3nc(-c4ccccc4-c4ccccc4)nc(-c4cccc5c4-c4ccccc4C5(c4ccccc4)c4ccccc4)n3)cccc12. The van der Waals surface area contributed by atoms with Crippen molar-refractivity contribution < 1.29 is 0 Å². The Bertz CT molecular complexity index is 3100. The minimum atomic E-state index is -0.550. The standard InChI is InChI=1S/C52H32BN3S/c53-45-32-16-27-38-37-26-14-29-42(47(37)57-48(38)45)51-55-49(39-24-11-10-23-36(39)33-17-4-1-5-18-33)54-50(56-51)41-28-15-31-44-46(41)40-25-12-13-30-43(40)52(44,34-19-6-2-7-20-34)35-21-8-3-9-22-35/h1-32H. The molecule has 0 aliphatic heterocycles. The van der Waals surface area contributed by atoms with Crippen molar-refractivity contribution in [3.05, 3.63) is 216 Å². The van der Waals surface area contributed by atoms with Crippen LogP contribution in [0.5, 0.6) is 0 Å². The van der Waals surface area contributed by atoms with Crippen molar-refractivity contribution in [3.8, 4) is 56.4 Å². The molecular formula is C52H32BN3S. The van der Waals surface area contributed by atoms with Gasteiger partial charge in [-0.1, -0.05) is 194 Å². The fourth-order valence-corrected chi connectivity index (χ4v) is 10.2. The highest BCUT2D eigenvalue weighted by Gasteiger charge is 2.47. The topological polar surface area (TPSA) is 38.7 Å². The molecule has 0 amide bonds. The van der Waals surface area contributed by atoms with Gasteiger partial charge in [-0.05, 0) is 56.0 Å². The summed E-state index contributed by atoms with van der Waals surface area (Å²) in [5, 5.41) is 2.27. The zero-order valence-electron chi connectivity index (χ0n) is 30.8. The summed E-state index contributed by atoms with van der Waals surface area (Å²) in [5.74, 6) is 1.86. The molecule has 0 saturated carbocycles. The lowest BCUT2D eigenvalue weighted by molar-refractivity contribution is 0.768. The lowest BCUT2D eigenvalue weighted by Gasteiger charge is -2.33. The molecule has 3 nitrogen and oxygen atoms in total. The first-order valence-electron chi connectivity index (χ1n) is 19.2. The third kappa shape index (κ3) is 5.16. The summed E-state index contributed by atoms with van der Waals surface area (Å²) >= 11 is 1.69. The Labute approximate surface area is 336 Å². The maximum atomic E-state index is 6.55. The second-order valence-electron chi connectivity index (χ2n) is 14.5. The normalized spacial score (nSPS) is 12.8. The van der Waals surface area contributed by atoms with Gasteiger partial charge in [0.1, 0.15) is 7.85 Å². The van der Waals surface area contributed by atoms with Crippen LogP contribution in [-0.4, -0.2) is 22.8 Å². The summed E-state index contributed by atoms with van der Waals surface area (Å²) in [5.41, 5.74) is 12.4. The number of rotatable bonds is 6. The molecule has 0 N–H and O–H groups in total. The summed E-state index contributed by atoms with van der Waals surface area (Å²) < 4.78 is 2.17. The van der Waals surface area contributed by atoms with Gasteiger partial charge in [0.05, 0.1) is 5.41 Å². The fourth-order valence-electron chi connectivity index (χ4n) is 8.98. The lowest BCUT2D eigenvalue weighted by atomic mass is 9.67. The summed E-state index contributed by atoms with van der Waals surface area (Å²) in [4.78, 5) is 16.2. The second-order valence-corrected chi connectivity index (χ2v) is 15.5. The monoisotopic (exact) mass is 741 g/mol. The van der Waals surface area contributed by atoms with Gasteiger partial charge in [0, 0.05) is 31.5 Å². The predicted octanol–water partition coefficient (Wildman–Crippen LogP) is 12.1. The Morgan fingerprint density at radius 1 is 0.368 bits per heavy atom. The van der Waals surface area contributed by atoms with Crippen LogP contribution in [0.4, 0.5) is 0 Å². The Kier molecular flexibility index (Phi) is 7.83. The molecule has 1 aliphatic carbocycles. The van der Waals surface area contributed by atoms with E-state index in [9.17, 15) is 0 Å². The zero-order chi connectivity index (χ0) is 37.9. The van der Waals surface area contributed by atoms with Gasteiger partial charge in [0.15, 0.2) is 17.5 Å². The van der Waals surface area contributed by atoms with Gasteiger partial charge in [0.25, 0.3) is 0 Å². The third-order valence-corrected chi connectivity index (χ3v) is 12.7. The number of hydrogen-bond donors (Lipinski definition) is 0. The first kappa shape index (κ1) is 33.4. The Morgan fingerprint density at radius 2 is 0.842 bits per heavy atom. The average Bonchev–Trinajstić information content (AvgIpc) is 3.82. The van der Waals surface area contributed by atoms with Crippen molar-refractivity contribution in [2.24, 2.45) is 0 Å². The molecule has 0 unspecified atom stereocenters. The molecule has 10 aromatic rings. The number of aromatic nitrogens is 3. The van der Waals surface area contributed by atoms with Gasteiger partial charge in [-0.25, -0.2) is 15.0 Å². The molecule has 0 spiro atoms. The minimum absolute atomic E-state index is 0.550. The van der Waals surface area contributed by atoms with Crippen LogP contribution >= 0.6 is 11.3 Å². The minimum Gasteiger partial charge on any atom is -0.208 e. The van der Waals surface area contributed by atoms with Gasteiger partial charge >= 0.3 is 0 Å². The first-order valence-corrected chi connectivity index (χ1v) is 20.0. The molecule has 8 aromatic carbocycles. The number of nitrogens with zero attached hydrogens (tertiary/aromatic N) is 3. The van der Waals surface area contributed by atoms with Crippen molar-refractivity contribution in [1.82, 2.24) is 15.0 Å². The maximum absolute atomic E-state index is 6.55. The lowest BCUT2D eigenvalue weighted by Crippen LogP contribution is -2.28. The van der Waals surface area contributed by atoms with Crippen molar-refractivity contribution in [2.75, 3.05) is 0 Å². The van der Waals surface area contributed by atoms with Crippen molar-refractivity contribution in [2.45, 2.75) is 5.41 Å². The molecule has 2 radical (unpaired) electrons. The molecule has 0 fully saturated rings. The van der Waals surface area contributed by atoms with E-state index in [4.69, 9.17) is 22.8 Å². The first-order chi connectivity index (χ1) is 28.2. The highest BCUT2D eigenvalue weighted by Crippen LogP contribution is 2.58. The Hall–Kier alpha value is -6.95. The average molecular weight is 742 g/mol. The highest BCUT2D eigenvalue weighted by molar-refractivity contribution is 7.27. The second kappa shape index (κ2) is 13.4. The van der Waals surface area contributed by atoms with E-state index in [2.05, 4.69) is 176 Å². The molecule has 57 heavy (non-hydrogen) atoms. The Balaban J connectivity index is 1.22. The van der Waals surface area contributed by atoms with Gasteiger partial charge in [0.2, 0.25) is 0 Å². The van der Waals surface area contributed by atoms with E-state index in [0.717, 1.165) is 59.0 Å². The van der Waals surface area contributed by atoms with E-state index < -0.39 is 5.41 Å². The van der Waals surface area contributed by atoms with Crippen LogP contribution in [0.3, 0.4) is 0 Å². The quantitative estimate of drug-likeness (QED) is 0.159. The molecule has 1 aliphatic rings. The maximum Gasteiger partial charge on any atom is 0.165 e. The van der Waals surface area contributed by atoms with Gasteiger partial charge in [-0.2, -0.15) is 0 Å². The van der Waals surface area contributed by atoms with Crippen molar-refractivity contribution >= 4 is 44.8 Å². The summed E-state index contributed by atoms with van der Waals surface area (Å²) in [6.07, 6.45) is 0. The summed E-state index contributed by atoms with van der Waals surface area (Å²) in [7, 11) is 6.55. The number of benzene rings is 8. The zero-order valence-corrected chi connectivity index (χ0v) is 31.6. The van der Waals surface area contributed by atoms with Crippen LogP contribution in [0.15, 0.2) is 194 Å². The molecule has 11 rings (SSSR count). The smallest absolute Gasteiger partial charge is 0.165 e. The molecule has 2 heterocycles. The van der Waals surface area contributed by atoms with Crippen LogP contribution in [-0.2, 0) is 5.41 Å². The Morgan fingerprint density at radius 3 is 1.54 bits per heavy atom. The predicted molar refractivity (Wildman–Crippen MR) is 237 cm³/mol. The summed E-state index contributed by atoms with van der Waals surface area (Å²) in [6, 6.07) is 68.6. The highest BCUT2D eigenvalue weighted by atomic mass is 32.1. The van der Waals surface area contributed by atoms with E-state index in [-0.39, 0.29) is 0 Å². The number of fused-ring (bicyclic) bond motifs is 6.